The van der Waals surface area contributed by atoms with Crippen molar-refractivity contribution >= 4 is 57.3 Å². The second-order valence-electron chi connectivity index (χ2n) is 15.8. The first-order valence-electron chi connectivity index (χ1n) is 19.9. The number of carbonyl (C=O) groups excluding carboxylic acids is 2. The molecule has 20 nitrogen and oxygen atoms in total. The summed E-state index contributed by atoms with van der Waals surface area (Å²) in [4.78, 5) is 57.1. The van der Waals surface area contributed by atoms with Crippen LogP contribution in [0.3, 0.4) is 0 Å². The Morgan fingerprint density at radius 2 is 1.14 bits per heavy atom. The van der Waals surface area contributed by atoms with E-state index in [1.807, 2.05) is 13.8 Å². The highest BCUT2D eigenvalue weighted by Crippen LogP contribution is 2.37. The first-order chi connectivity index (χ1) is 30.2. The van der Waals surface area contributed by atoms with Gasteiger partial charge in [-0.1, -0.05) is 0 Å². The van der Waals surface area contributed by atoms with Crippen molar-refractivity contribution in [2.24, 2.45) is 0 Å². The van der Waals surface area contributed by atoms with Crippen LogP contribution in [0.2, 0.25) is 0 Å². The number of anilines is 2. The zero-order chi connectivity index (χ0) is 46.9. The topological polar surface area (TPSA) is 234 Å². The van der Waals surface area contributed by atoms with E-state index in [0.717, 1.165) is 15.2 Å². The van der Waals surface area contributed by atoms with Crippen molar-refractivity contribution < 1.29 is 56.7 Å². The van der Waals surface area contributed by atoms with Crippen molar-refractivity contribution in [2.75, 3.05) is 50.7 Å². The largest absolute Gasteiger partial charge is 0.468 e. The van der Waals surface area contributed by atoms with Gasteiger partial charge in [-0.3, -0.25) is 4.90 Å². The Hall–Kier alpha value is -7.32. The van der Waals surface area contributed by atoms with Gasteiger partial charge >= 0.3 is 23.8 Å². The Bertz CT molecular complexity index is 2630. The van der Waals surface area contributed by atoms with Crippen molar-refractivity contribution in [3.05, 3.63) is 93.0 Å². The molecule has 4 heterocycles. The molecular formula is C44H50N6O14. The lowest BCUT2D eigenvalue weighted by atomic mass is 10.1. The quantitative estimate of drug-likeness (QED) is 0.0428. The molecule has 0 aliphatic rings. The Balaban J connectivity index is 0.000000241. The maximum Gasteiger partial charge on any atom is 0.417 e. The third kappa shape index (κ3) is 12.4. The highest BCUT2D eigenvalue weighted by Gasteiger charge is 2.30. The lowest BCUT2D eigenvalue weighted by Crippen LogP contribution is -2.34. The maximum absolute atomic E-state index is 12.3. The van der Waals surface area contributed by atoms with Crippen LogP contribution < -0.4 is 19.3 Å². The van der Waals surface area contributed by atoms with Gasteiger partial charge in [0.15, 0.2) is 19.3 Å². The van der Waals surface area contributed by atoms with Gasteiger partial charge in [-0.2, -0.15) is 0 Å². The number of nitro groups is 2. The molecule has 6 aromatic rings. The molecule has 0 N–H and O–H groups in total. The van der Waals surface area contributed by atoms with Crippen LogP contribution in [0.1, 0.15) is 55.4 Å². The normalized spacial score (nSPS) is 11.4. The summed E-state index contributed by atoms with van der Waals surface area (Å²) < 4.78 is 43.5. The van der Waals surface area contributed by atoms with Gasteiger partial charge in [-0.15, -0.1) is 0 Å². The van der Waals surface area contributed by atoms with E-state index < -0.39 is 44.9 Å². The second kappa shape index (κ2) is 20.2. The van der Waals surface area contributed by atoms with Crippen LogP contribution in [0.4, 0.5) is 32.7 Å². The Kier molecular flexibility index (Phi) is 15.1. The van der Waals surface area contributed by atoms with Crippen molar-refractivity contribution in [1.29, 1.82) is 0 Å². The third-order valence-electron chi connectivity index (χ3n) is 8.62. The van der Waals surface area contributed by atoms with E-state index in [2.05, 4.69) is 9.97 Å². The number of pyridine rings is 2. The third-order valence-corrected chi connectivity index (χ3v) is 8.62. The van der Waals surface area contributed by atoms with Crippen LogP contribution in [0, 0.1) is 20.2 Å². The molecule has 0 aliphatic carbocycles. The van der Waals surface area contributed by atoms with Crippen molar-refractivity contribution in [3.63, 3.8) is 0 Å². The number of furan rings is 2. The lowest BCUT2D eigenvalue weighted by molar-refractivity contribution is -0.388. The molecule has 2 aromatic carbocycles. The van der Waals surface area contributed by atoms with E-state index in [1.54, 1.807) is 96.1 Å². The zero-order valence-electron chi connectivity index (χ0n) is 37.2. The number of fused-ring (bicyclic) bond motifs is 2. The summed E-state index contributed by atoms with van der Waals surface area (Å²) in [5, 5.41) is 24.8. The predicted molar refractivity (Wildman–Crippen MR) is 236 cm³/mol. The summed E-state index contributed by atoms with van der Waals surface area (Å²) in [5.41, 5.74) is 0.103. The summed E-state index contributed by atoms with van der Waals surface area (Å²) >= 11 is 0. The maximum atomic E-state index is 12.3. The van der Waals surface area contributed by atoms with Gasteiger partial charge in [0.25, 0.3) is 5.82 Å². The smallest absolute Gasteiger partial charge is 0.417 e. The fraction of sp³-hybridized carbons (Fsp3) is 0.364. The molecule has 340 valence electrons. The lowest BCUT2D eigenvalue weighted by Gasteiger charge is -2.24. The molecule has 20 heteroatoms. The van der Waals surface area contributed by atoms with E-state index in [1.165, 1.54) is 32.3 Å². The number of carbonyl (C=O) groups is 2. The van der Waals surface area contributed by atoms with Crippen molar-refractivity contribution in [1.82, 2.24) is 9.97 Å². The van der Waals surface area contributed by atoms with E-state index in [0.29, 0.717) is 47.0 Å². The van der Waals surface area contributed by atoms with E-state index in [9.17, 15) is 29.8 Å². The molecule has 0 saturated carbocycles. The molecule has 64 heavy (non-hydrogen) atoms. The second-order valence-corrected chi connectivity index (χ2v) is 15.8. The van der Waals surface area contributed by atoms with Gasteiger partial charge < -0.3 is 57.5 Å². The molecule has 0 saturated heterocycles. The summed E-state index contributed by atoms with van der Waals surface area (Å²) in [6.45, 7) is 15.4. The van der Waals surface area contributed by atoms with E-state index in [4.69, 9.17) is 37.3 Å². The number of aromatic nitrogens is 2. The average molecular weight is 887 g/mol. The van der Waals surface area contributed by atoms with Gasteiger partial charge in [-0.05, 0) is 142 Å². The Labute approximate surface area is 367 Å². The van der Waals surface area contributed by atoms with Crippen LogP contribution in [0.15, 0.2) is 81.6 Å². The van der Waals surface area contributed by atoms with Crippen LogP contribution in [0.25, 0.3) is 44.7 Å². The zero-order valence-corrected chi connectivity index (χ0v) is 37.2. The van der Waals surface area contributed by atoms with Gasteiger partial charge in [-0.25, -0.2) is 14.5 Å². The van der Waals surface area contributed by atoms with Gasteiger partial charge in [0.2, 0.25) is 5.69 Å². The Morgan fingerprint density at radius 1 is 0.641 bits per heavy atom. The first-order valence-corrected chi connectivity index (χ1v) is 19.9. The summed E-state index contributed by atoms with van der Waals surface area (Å²) in [6, 6.07) is 19.8. The van der Waals surface area contributed by atoms with E-state index >= 15 is 0 Å². The SMILES string of the molecule is CCOCOc1ccc2oc(-c3ccc(N(C)C(=O)OC(C)(C)C)c([N+](=O)[O-])n3)cc2c1.CCOCOc1ccc2oc(-c3ccc(N(C)C(=O)OC(C)(C)C)nc3[N+](=O)[O-])cc2c1. The molecule has 6 rings (SSSR count). The van der Waals surface area contributed by atoms with Crippen LogP contribution in [-0.4, -0.2) is 84.1 Å². The molecule has 0 bridgehead atoms. The monoisotopic (exact) mass is 886 g/mol. The minimum Gasteiger partial charge on any atom is -0.468 e. The molecule has 0 spiro atoms. The van der Waals surface area contributed by atoms with E-state index in [-0.39, 0.29) is 42.1 Å². The number of hydrogen-bond acceptors (Lipinski definition) is 16. The number of benzene rings is 2. The Morgan fingerprint density at radius 3 is 1.64 bits per heavy atom. The number of amides is 2. The summed E-state index contributed by atoms with van der Waals surface area (Å²) in [7, 11) is 2.83. The molecule has 0 radical (unpaired) electrons. The molecule has 0 aliphatic heterocycles. The number of ether oxygens (including phenoxy) is 6. The standard InChI is InChI=1S/2C22H25N3O7/c1-6-29-13-30-15-7-10-18-14(11-15)12-19(31-18)16-8-9-17(20(23-16)25(27)28)24(5)21(26)32-22(2,3)4;1-6-29-13-30-15-7-9-17-14(11-15)12-18(31-17)16-8-10-19(23-20(16)25(27)28)24(5)21(26)32-22(2,3)4/h2*7-12H,6,13H2,1-5H3. The number of rotatable bonds is 14. The minimum atomic E-state index is -0.743. The molecule has 2 amide bonds. The fourth-order valence-corrected chi connectivity index (χ4v) is 5.65. The van der Waals surface area contributed by atoms with Crippen LogP contribution >= 0.6 is 0 Å². The molecule has 0 fully saturated rings. The molecule has 4 aromatic heterocycles. The van der Waals surface area contributed by atoms with Gasteiger partial charge in [0.05, 0.1) is 0 Å². The minimum absolute atomic E-state index is 0.00993. The summed E-state index contributed by atoms with van der Waals surface area (Å²) in [5.74, 6) is 0.954. The van der Waals surface area contributed by atoms with Crippen LogP contribution in [0.5, 0.6) is 11.5 Å². The highest BCUT2D eigenvalue weighted by atomic mass is 16.7. The fourth-order valence-electron chi connectivity index (χ4n) is 5.65. The number of nitrogens with zero attached hydrogens (tertiary/aromatic N) is 6. The van der Waals surface area contributed by atoms with Crippen LogP contribution in [-0.2, 0) is 18.9 Å². The van der Waals surface area contributed by atoms with Gasteiger partial charge in [0.1, 0.15) is 50.9 Å². The predicted octanol–water partition coefficient (Wildman–Crippen LogP) is 10.3. The molecule has 0 atom stereocenters. The van der Waals surface area contributed by atoms with Gasteiger partial charge in [0, 0.05) is 44.1 Å². The highest BCUT2D eigenvalue weighted by molar-refractivity contribution is 5.91. The number of hydrogen-bond donors (Lipinski definition) is 0. The molecule has 0 unspecified atom stereocenters. The average Bonchev–Trinajstić information content (AvgIpc) is 3.86. The molecular weight excluding hydrogens is 837 g/mol. The van der Waals surface area contributed by atoms with Crippen molar-refractivity contribution in [3.8, 4) is 34.3 Å². The first kappa shape index (κ1) is 47.7. The van der Waals surface area contributed by atoms with Crippen molar-refractivity contribution in [2.45, 2.75) is 66.6 Å². The summed E-state index contributed by atoms with van der Waals surface area (Å²) in [6.07, 6.45) is -1.39.